The molecular weight excluding hydrogens is 628 g/mol. The summed E-state index contributed by atoms with van der Waals surface area (Å²) >= 11 is 5.85. The van der Waals surface area contributed by atoms with Crippen LogP contribution in [0, 0.1) is 6.92 Å². The molecule has 0 saturated heterocycles. The largest absolute Gasteiger partial charge is 0.492 e. The minimum atomic E-state index is -4.55. The monoisotopic (exact) mass is 652 g/mol. The molecule has 0 aromatic heterocycles. The van der Waals surface area contributed by atoms with Crippen LogP contribution in [0.15, 0.2) is 98.6 Å². The molecule has 0 unspecified atom stereocenters. The van der Waals surface area contributed by atoms with E-state index >= 15 is 0 Å². The first-order chi connectivity index (χ1) is 21.3. The summed E-state index contributed by atoms with van der Waals surface area (Å²) in [6, 6.07) is 12.9. The van der Waals surface area contributed by atoms with Gasteiger partial charge in [-0.15, -0.1) is 0 Å². The van der Waals surface area contributed by atoms with E-state index in [-0.39, 0.29) is 28.6 Å². The third kappa shape index (κ3) is 8.60. The Hall–Kier alpha value is -5.38. The van der Waals surface area contributed by atoms with Gasteiger partial charge in [0.2, 0.25) is 0 Å². The Labute approximate surface area is 261 Å². The number of ether oxygens (including phenoxy) is 1. The maximum absolute atomic E-state index is 12.8. The number of allylic oxidation sites excluding steroid dienone is 3. The summed E-state index contributed by atoms with van der Waals surface area (Å²) in [4.78, 5) is 35.0. The molecule has 232 valence electrons. The molecule has 0 heterocycles. The zero-order chi connectivity index (χ0) is 32.7. The second kappa shape index (κ2) is 13.9. The minimum absolute atomic E-state index is 0.131. The number of aliphatic carboxylic acids is 1. The van der Waals surface area contributed by atoms with Crippen molar-refractivity contribution in [1.29, 1.82) is 0 Å². The van der Waals surface area contributed by atoms with Crippen LogP contribution in [0.3, 0.4) is 0 Å². The van der Waals surface area contributed by atoms with Gasteiger partial charge in [0.15, 0.2) is 5.78 Å². The predicted octanol–water partition coefficient (Wildman–Crippen LogP) is 6.27. The van der Waals surface area contributed by atoms with Crippen molar-refractivity contribution in [2.24, 2.45) is 15.3 Å². The number of hydrogen-bond donors (Lipinski definition) is 5. The van der Waals surface area contributed by atoms with Gasteiger partial charge in [0.05, 0.1) is 40.1 Å². The molecule has 3 aromatic rings. The van der Waals surface area contributed by atoms with Crippen LogP contribution in [0.2, 0.25) is 5.02 Å². The molecule has 45 heavy (non-hydrogen) atoms. The van der Waals surface area contributed by atoms with Crippen molar-refractivity contribution in [2.45, 2.75) is 18.7 Å². The number of urea groups is 1. The lowest BCUT2D eigenvalue weighted by molar-refractivity contribution is -0.134. The van der Waals surface area contributed by atoms with Gasteiger partial charge >= 0.3 is 12.0 Å². The number of rotatable bonds is 10. The summed E-state index contributed by atoms with van der Waals surface area (Å²) in [7, 11) is -4.55. The lowest BCUT2D eigenvalue weighted by atomic mass is 10.0. The summed E-state index contributed by atoms with van der Waals surface area (Å²) in [5.41, 5.74) is 5.08. The van der Waals surface area contributed by atoms with Crippen molar-refractivity contribution in [3.05, 3.63) is 89.0 Å². The van der Waals surface area contributed by atoms with Gasteiger partial charge in [-0.05, 0) is 86.2 Å². The number of nitrogens with one attached hydrogen (secondary N) is 3. The van der Waals surface area contributed by atoms with E-state index in [1.165, 1.54) is 18.2 Å². The van der Waals surface area contributed by atoms with Gasteiger partial charge in [0, 0.05) is 11.8 Å². The number of halogens is 1. The Morgan fingerprint density at radius 2 is 1.69 bits per heavy atom. The highest BCUT2D eigenvalue weighted by Gasteiger charge is 2.19. The van der Waals surface area contributed by atoms with Gasteiger partial charge in [-0.3, -0.25) is 14.8 Å². The Kier molecular flexibility index (Phi) is 10.1. The van der Waals surface area contributed by atoms with Crippen LogP contribution < -0.4 is 20.8 Å². The normalized spacial score (nSPS) is 13.9. The van der Waals surface area contributed by atoms with Crippen LogP contribution >= 0.6 is 11.6 Å². The number of carbonyl (C=O) groups is 3. The van der Waals surface area contributed by atoms with E-state index < -0.39 is 32.8 Å². The highest BCUT2D eigenvalue weighted by Crippen LogP contribution is 2.35. The average molecular weight is 653 g/mol. The Bertz CT molecular complexity index is 1900. The van der Waals surface area contributed by atoms with E-state index in [1.807, 2.05) is 0 Å². The zero-order valence-corrected chi connectivity index (χ0v) is 25.2. The fraction of sp³-hybridized carbons (Fsp3) is 0.103. The number of amides is 2. The number of hydrazone groups is 1. The van der Waals surface area contributed by atoms with E-state index in [2.05, 4.69) is 31.4 Å². The maximum atomic E-state index is 12.8. The summed E-state index contributed by atoms with van der Waals surface area (Å²) in [5, 5.41) is 26.6. The Morgan fingerprint density at radius 3 is 2.36 bits per heavy atom. The van der Waals surface area contributed by atoms with Crippen LogP contribution in [-0.2, 0) is 19.7 Å². The first kappa shape index (κ1) is 32.5. The number of aryl methyl sites for hydroxylation is 1. The molecule has 4 rings (SSSR count). The lowest BCUT2D eigenvalue weighted by Crippen LogP contribution is -2.20. The van der Waals surface area contributed by atoms with Crippen molar-refractivity contribution in [3.63, 3.8) is 0 Å². The first-order valence-corrected chi connectivity index (χ1v) is 14.8. The van der Waals surface area contributed by atoms with Gasteiger partial charge in [0.25, 0.3) is 10.1 Å². The molecule has 0 aliphatic heterocycles. The number of benzene rings is 3. The SMILES string of the molecule is CCOc1cc(N=Nc2ccc(Cl)c(S(=O)(=O)O)c2)c(C)cc1NC(=O)Nc1ccc(NN=C2C=CC(=O)C(C(=O)O)=C2)cc1. The molecule has 14 nitrogen and oxygen atoms in total. The molecule has 0 saturated carbocycles. The third-order valence-corrected chi connectivity index (χ3v) is 7.30. The van der Waals surface area contributed by atoms with Crippen LogP contribution in [0.25, 0.3) is 0 Å². The number of azo groups is 1. The smallest absolute Gasteiger partial charge is 0.339 e. The number of carboxylic acids is 1. The summed E-state index contributed by atoms with van der Waals surface area (Å²) < 4.78 is 38.1. The molecule has 2 amide bonds. The number of anilines is 3. The maximum Gasteiger partial charge on any atom is 0.339 e. The molecule has 0 spiro atoms. The van der Waals surface area contributed by atoms with Crippen molar-refractivity contribution >= 4 is 73.7 Å². The van der Waals surface area contributed by atoms with Crippen LogP contribution in [-0.4, -0.2) is 48.2 Å². The van der Waals surface area contributed by atoms with E-state index in [0.29, 0.717) is 34.1 Å². The van der Waals surface area contributed by atoms with E-state index in [0.717, 1.165) is 18.2 Å². The highest BCUT2D eigenvalue weighted by molar-refractivity contribution is 7.86. The average Bonchev–Trinajstić information content (AvgIpc) is 2.98. The van der Waals surface area contributed by atoms with Gasteiger partial charge in [0.1, 0.15) is 16.2 Å². The predicted molar refractivity (Wildman–Crippen MR) is 168 cm³/mol. The van der Waals surface area contributed by atoms with E-state index in [4.69, 9.17) is 21.4 Å². The van der Waals surface area contributed by atoms with Gasteiger partial charge < -0.3 is 20.5 Å². The molecule has 0 radical (unpaired) electrons. The Morgan fingerprint density at radius 1 is 0.978 bits per heavy atom. The number of carbonyl (C=O) groups excluding carboxylic acids is 2. The Balaban J connectivity index is 1.43. The quantitative estimate of drug-likeness (QED) is 0.0548. The van der Waals surface area contributed by atoms with Crippen molar-refractivity contribution in [3.8, 4) is 5.75 Å². The number of carboxylic acid groups (broad SMARTS) is 1. The van der Waals surface area contributed by atoms with Gasteiger partial charge in [-0.1, -0.05) is 11.6 Å². The fourth-order valence-corrected chi connectivity index (χ4v) is 4.81. The van der Waals surface area contributed by atoms with Gasteiger partial charge in [-0.25, -0.2) is 9.59 Å². The van der Waals surface area contributed by atoms with Crippen LogP contribution in [0.4, 0.5) is 33.2 Å². The first-order valence-electron chi connectivity index (χ1n) is 13.0. The van der Waals surface area contributed by atoms with Crippen molar-refractivity contribution in [2.75, 3.05) is 22.7 Å². The van der Waals surface area contributed by atoms with Crippen LogP contribution in [0.1, 0.15) is 12.5 Å². The second-order valence-electron chi connectivity index (χ2n) is 9.22. The molecule has 16 heteroatoms. The molecule has 1 aliphatic carbocycles. The molecular formula is C29H25ClN6O8S. The van der Waals surface area contributed by atoms with E-state index in [1.54, 1.807) is 50.2 Å². The number of hydrogen-bond acceptors (Lipinski definition) is 10. The van der Waals surface area contributed by atoms with Crippen LogP contribution in [0.5, 0.6) is 5.75 Å². The second-order valence-corrected chi connectivity index (χ2v) is 11.0. The highest BCUT2D eigenvalue weighted by atomic mass is 35.5. The zero-order valence-electron chi connectivity index (χ0n) is 23.6. The molecule has 0 fully saturated rings. The standard InChI is InChI=1S/C29H25ClN6O8S/c1-3-44-26-15-23(36-35-20-8-10-22(30)27(14-20)45(41,42)43)16(2)12-24(26)32-29(40)31-17-4-6-18(7-5-17)33-34-19-9-11-25(37)21(13-19)28(38)39/h4-15,33H,3H2,1-2H3,(H,38,39)(H2,31,32,40)(H,41,42,43). The molecule has 0 atom stereocenters. The third-order valence-electron chi connectivity index (χ3n) is 5.96. The van der Waals surface area contributed by atoms with Crippen molar-refractivity contribution < 1.29 is 37.2 Å². The minimum Gasteiger partial charge on any atom is -0.492 e. The molecule has 1 aliphatic rings. The summed E-state index contributed by atoms with van der Waals surface area (Å²) in [6.45, 7) is 3.78. The topological polar surface area (TPSA) is 208 Å². The number of nitrogens with zero attached hydrogens (tertiary/aromatic N) is 3. The summed E-state index contributed by atoms with van der Waals surface area (Å²) in [6.07, 6.45) is 3.67. The van der Waals surface area contributed by atoms with Gasteiger partial charge in [-0.2, -0.15) is 23.7 Å². The fourth-order valence-electron chi connectivity index (χ4n) is 3.82. The summed E-state index contributed by atoms with van der Waals surface area (Å²) in [5.74, 6) is -1.66. The molecule has 3 aromatic carbocycles. The van der Waals surface area contributed by atoms with Crippen molar-refractivity contribution in [1.82, 2.24) is 0 Å². The number of ketones is 1. The lowest BCUT2D eigenvalue weighted by Gasteiger charge is -2.14. The molecule has 5 N–H and O–H groups in total. The van der Waals surface area contributed by atoms with E-state index in [9.17, 15) is 27.4 Å². The molecule has 0 bridgehead atoms.